The van der Waals surface area contributed by atoms with Gasteiger partial charge in [-0.2, -0.15) is 0 Å². The summed E-state index contributed by atoms with van der Waals surface area (Å²) in [5.74, 6) is 1.14. The molecule has 0 saturated carbocycles. The normalized spacial score (nSPS) is 24.0. The molecule has 0 aliphatic carbocycles. The van der Waals surface area contributed by atoms with E-state index >= 15 is 0 Å². The van der Waals surface area contributed by atoms with Crippen LogP contribution in [-0.4, -0.2) is 16.3 Å². The van der Waals surface area contributed by atoms with Gasteiger partial charge in [0, 0.05) is 28.6 Å². The van der Waals surface area contributed by atoms with Crippen molar-refractivity contribution in [1.29, 1.82) is 0 Å². The summed E-state index contributed by atoms with van der Waals surface area (Å²) in [5, 5.41) is 4.03. The Morgan fingerprint density at radius 2 is 2.09 bits per heavy atom. The third-order valence-corrected chi connectivity index (χ3v) is 6.27. The van der Waals surface area contributed by atoms with Crippen LogP contribution in [0.5, 0.6) is 0 Å². The zero-order chi connectivity index (χ0) is 16.1. The molecule has 23 heavy (non-hydrogen) atoms. The molecule has 1 N–H and O–H groups in total. The summed E-state index contributed by atoms with van der Waals surface area (Å²) in [6.45, 7) is 4.60. The summed E-state index contributed by atoms with van der Waals surface area (Å²) in [6.07, 6.45) is 8.77. The van der Waals surface area contributed by atoms with Crippen LogP contribution in [0.25, 0.3) is 0 Å². The van der Waals surface area contributed by atoms with Crippen molar-refractivity contribution in [3.63, 3.8) is 0 Å². The summed E-state index contributed by atoms with van der Waals surface area (Å²) < 4.78 is 0. The summed E-state index contributed by atoms with van der Waals surface area (Å²) in [5.41, 5.74) is 2.84. The number of rotatable bonds is 5. The molecule has 2 nitrogen and oxygen atoms in total. The van der Waals surface area contributed by atoms with E-state index in [1.54, 1.807) is 0 Å². The van der Waals surface area contributed by atoms with Gasteiger partial charge in [-0.15, -0.1) is 11.8 Å². The number of thioether (sulfide) groups is 1. The molecular weight excluding hydrogens is 300 g/mol. The van der Waals surface area contributed by atoms with Crippen molar-refractivity contribution in [3.05, 3.63) is 59.9 Å². The van der Waals surface area contributed by atoms with E-state index in [4.69, 9.17) is 0 Å². The predicted octanol–water partition coefficient (Wildman–Crippen LogP) is 5.21. The Morgan fingerprint density at radius 1 is 1.22 bits per heavy atom. The maximum absolute atomic E-state index is 4.35. The number of pyridine rings is 1. The summed E-state index contributed by atoms with van der Waals surface area (Å²) in [6, 6.07) is 13.3. The molecule has 1 aliphatic heterocycles. The van der Waals surface area contributed by atoms with Gasteiger partial charge in [-0.1, -0.05) is 51.0 Å². The standard InChI is InChI=1S/C20H26N2S/c1-3-5-12-20(4-2)15-23-18-11-7-6-10-17(18)19(22-20)16-9-8-13-21-14-16/h6-11,13-14,19,22H,3-5,12,15H2,1-2H3/t19-,20+/m1/s1. The molecule has 0 bridgehead atoms. The first-order valence-electron chi connectivity index (χ1n) is 8.67. The average Bonchev–Trinajstić information content (AvgIpc) is 2.79. The molecule has 0 radical (unpaired) electrons. The van der Waals surface area contributed by atoms with E-state index in [2.05, 4.69) is 54.5 Å². The minimum absolute atomic E-state index is 0.195. The Balaban J connectivity index is 2.01. The first-order valence-corrected chi connectivity index (χ1v) is 9.66. The second-order valence-electron chi connectivity index (χ2n) is 6.43. The van der Waals surface area contributed by atoms with Gasteiger partial charge in [0.05, 0.1) is 6.04 Å². The smallest absolute Gasteiger partial charge is 0.0607 e. The lowest BCUT2D eigenvalue weighted by Gasteiger charge is -2.36. The van der Waals surface area contributed by atoms with Crippen LogP contribution in [0.3, 0.4) is 0 Å². The Morgan fingerprint density at radius 3 is 2.83 bits per heavy atom. The van der Waals surface area contributed by atoms with Crippen LogP contribution in [-0.2, 0) is 0 Å². The van der Waals surface area contributed by atoms with E-state index in [9.17, 15) is 0 Å². The molecule has 0 spiro atoms. The van der Waals surface area contributed by atoms with Crippen LogP contribution in [0.1, 0.15) is 56.7 Å². The van der Waals surface area contributed by atoms with Crippen LogP contribution in [0.15, 0.2) is 53.7 Å². The SMILES string of the molecule is CCCC[C@@]1(CC)CSc2ccccc2[C@@H](c2cccnc2)N1. The molecule has 0 fully saturated rings. The molecule has 0 unspecified atom stereocenters. The van der Waals surface area contributed by atoms with Crippen molar-refractivity contribution in [2.45, 2.75) is 56.0 Å². The first kappa shape index (κ1) is 16.5. The van der Waals surface area contributed by atoms with E-state index in [1.165, 1.54) is 35.3 Å². The molecule has 3 heteroatoms. The van der Waals surface area contributed by atoms with E-state index in [1.807, 2.05) is 30.2 Å². The summed E-state index contributed by atoms with van der Waals surface area (Å²) in [7, 11) is 0. The number of nitrogens with zero attached hydrogens (tertiary/aromatic N) is 1. The quantitative estimate of drug-likeness (QED) is 0.817. The third-order valence-electron chi connectivity index (χ3n) is 4.89. The second-order valence-corrected chi connectivity index (χ2v) is 7.44. The van der Waals surface area contributed by atoms with Crippen LogP contribution < -0.4 is 5.32 Å². The van der Waals surface area contributed by atoms with Gasteiger partial charge in [0.1, 0.15) is 0 Å². The van der Waals surface area contributed by atoms with Crippen molar-refractivity contribution < 1.29 is 0 Å². The number of nitrogens with one attached hydrogen (secondary N) is 1. The highest BCUT2D eigenvalue weighted by Gasteiger charge is 2.35. The van der Waals surface area contributed by atoms with E-state index in [0.29, 0.717) is 0 Å². The third kappa shape index (κ3) is 3.61. The molecule has 2 heterocycles. The highest BCUT2D eigenvalue weighted by atomic mass is 32.2. The molecule has 1 aromatic heterocycles. The fraction of sp³-hybridized carbons (Fsp3) is 0.450. The maximum atomic E-state index is 4.35. The van der Waals surface area contributed by atoms with E-state index < -0.39 is 0 Å². The summed E-state index contributed by atoms with van der Waals surface area (Å²) >= 11 is 2.01. The number of benzene rings is 1. The van der Waals surface area contributed by atoms with Crippen molar-refractivity contribution in [2.24, 2.45) is 0 Å². The minimum Gasteiger partial charge on any atom is -0.300 e. The molecule has 2 aromatic rings. The molecule has 0 amide bonds. The topological polar surface area (TPSA) is 24.9 Å². The van der Waals surface area contributed by atoms with E-state index in [-0.39, 0.29) is 11.6 Å². The van der Waals surface area contributed by atoms with Crippen LogP contribution >= 0.6 is 11.8 Å². The largest absolute Gasteiger partial charge is 0.300 e. The predicted molar refractivity (Wildman–Crippen MR) is 98.9 cm³/mol. The molecule has 3 rings (SSSR count). The number of unbranched alkanes of at least 4 members (excludes halogenated alkanes) is 1. The Kier molecular flexibility index (Phi) is 5.39. The van der Waals surface area contributed by atoms with E-state index in [0.717, 1.165) is 12.2 Å². The molecule has 122 valence electrons. The molecular formula is C20H26N2S. The van der Waals surface area contributed by atoms with Gasteiger partial charge in [0.2, 0.25) is 0 Å². The van der Waals surface area contributed by atoms with Gasteiger partial charge in [0.15, 0.2) is 0 Å². The molecule has 2 atom stereocenters. The van der Waals surface area contributed by atoms with Gasteiger partial charge in [-0.05, 0) is 36.1 Å². The van der Waals surface area contributed by atoms with Crippen LogP contribution in [0, 0.1) is 0 Å². The van der Waals surface area contributed by atoms with Gasteiger partial charge >= 0.3 is 0 Å². The number of fused-ring (bicyclic) bond motifs is 1. The zero-order valence-electron chi connectivity index (χ0n) is 14.1. The average molecular weight is 327 g/mol. The van der Waals surface area contributed by atoms with Crippen molar-refractivity contribution >= 4 is 11.8 Å². The Labute approximate surface area is 144 Å². The Bertz CT molecular complexity index is 629. The monoisotopic (exact) mass is 326 g/mol. The fourth-order valence-corrected chi connectivity index (χ4v) is 4.73. The lowest BCUT2D eigenvalue weighted by atomic mass is 9.88. The summed E-state index contributed by atoms with van der Waals surface area (Å²) in [4.78, 5) is 5.76. The number of hydrogen-bond donors (Lipinski definition) is 1. The lowest BCUT2D eigenvalue weighted by molar-refractivity contribution is 0.297. The van der Waals surface area contributed by atoms with Gasteiger partial charge < -0.3 is 0 Å². The minimum atomic E-state index is 0.195. The second kappa shape index (κ2) is 7.50. The molecule has 1 aromatic carbocycles. The van der Waals surface area contributed by atoms with Gasteiger partial charge in [-0.3, -0.25) is 10.3 Å². The molecule has 0 saturated heterocycles. The highest BCUT2D eigenvalue weighted by molar-refractivity contribution is 7.99. The van der Waals surface area contributed by atoms with Crippen LogP contribution in [0.4, 0.5) is 0 Å². The number of aromatic nitrogens is 1. The first-order chi connectivity index (χ1) is 11.3. The fourth-order valence-electron chi connectivity index (χ4n) is 3.34. The van der Waals surface area contributed by atoms with Crippen molar-refractivity contribution in [3.8, 4) is 0 Å². The van der Waals surface area contributed by atoms with Crippen molar-refractivity contribution in [2.75, 3.05) is 5.75 Å². The van der Waals surface area contributed by atoms with Gasteiger partial charge in [0.25, 0.3) is 0 Å². The maximum Gasteiger partial charge on any atom is 0.0607 e. The van der Waals surface area contributed by atoms with Crippen LogP contribution in [0.2, 0.25) is 0 Å². The zero-order valence-corrected chi connectivity index (χ0v) is 14.9. The molecule has 1 aliphatic rings. The number of hydrogen-bond acceptors (Lipinski definition) is 3. The highest BCUT2D eigenvalue weighted by Crippen LogP contribution is 2.40. The van der Waals surface area contributed by atoms with Crippen molar-refractivity contribution in [1.82, 2.24) is 10.3 Å². The lowest BCUT2D eigenvalue weighted by Crippen LogP contribution is -2.48. The Hall–Kier alpha value is -1.32. The van der Waals surface area contributed by atoms with Gasteiger partial charge in [-0.25, -0.2) is 0 Å².